The molecule has 74 heavy (non-hydrogen) atoms. The van der Waals surface area contributed by atoms with E-state index in [-0.39, 0.29) is 60.5 Å². The number of benzene rings is 1. The Labute approximate surface area is 434 Å². The second-order valence-corrected chi connectivity index (χ2v) is 17.5. The van der Waals surface area contributed by atoms with Crippen molar-refractivity contribution in [2.45, 2.75) is 95.6 Å². The average Bonchev–Trinajstić information content (AvgIpc) is 3.76. The molecule has 0 radical (unpaired) electrons. The molecule has 5 rings (SSSR count). The number of nitrogens with zero attached hydrogens (tertiary/aromatic N) is 6. The van der Waals surface area contributed by atoms with E-state index in [1.54, 1.807) is 12.4 Å². The van der Waals surface area contributed by atoms with E-state index in [1.807, 2.05) is 49.1 Å². The predicted molar refractivity (Wildman–Crippen MR) is 278 cm³/mol. The minimum atomic E-state index is -4.45. The number of likely N-dealkylation sites (N-methyl/N-ethyl adjacent to an activating group) is 1. The Morgan fingerprint density at radius 1 is 0.838 bits per heavy atom. The van der Waals surface area contributed by atoms with Crippen molar-refractivity contribution in [3.8, 4) is 0 Å². The van der Waals surface area contributed by atoms with Crippen LogP contribution < -0.4 is 27.0 Å². The fourth-order valence-corrected chi connectivity index (χ4v) is 7.53. The third-order valence-electron chi connectivity index (χ3n) is 11.5. The van der Waals surface area contributed by atoms with Crippen molar-refractivity contribution < 1.29 is 56.1 Å². The number of hydrogen-bond acceptors (Lipinski definition) is 17. The lowest BCUT2D eigenvalue weighted by Crippen LogP contribution is -2.46. The molecule has 20 nitrogen and oxygen atoms in total. The number of ether oxygens (including phenoxy) is 3. The van der Waals surface area contributed by atoms with Crippen molar-refractivity contribution >= 4 is 53.3 Å². The first-order chi connectivity index (χ1) is 35.6. The highest BCUT2D eigenvalue weighted by Crippen LogP contribution is 2.34. The summed E-state index contributed by atoms with van der Waals surface area (Å²) in [6.07, 6.45) is 8.21. The van der Waals surface area contributed by atoms with Crippen LogP contribution in [0.4, 0.5) is 19.0 Å². The molecule has 2 unspecified atom stereocenters. The minimum absolute atomic E-state index is 0.00408. The number of fused-ring (bicyclic) bond motifs is 1. The molecule has 1 aliphatic heterocycles. The monoisotopic (exact) mass is 1050 g/mol. The molecule has 1 aromatic carbocycles. The first-order valence-electron chi connectivity index (χ1n) is 25.0. The molecular weight excluding hydrogens is 968 g/mol. The molecule has 2 aromatic heterocycles. The summed E-state index contributed by atoms with van der Waals surface area (Å²) in [5, 5.41) is 11.7. The summed E-state index contributed by atoms with van der Waals surface area (Å²) in [5.41, 5.74) is 4.15. The molecule has 0 spiro atoms. The maximum absolute atomic E-state index is 13.2. The van der Waals surface area contributed by atoms with Gasteiger partial charge in [0.2, 0.25) is 17.7 Å². The van der Waals surface area contributed by atoms with Gasteiger partial charge in [0.25, 0.3) is 0 Å². The number of nitrogens with two attached hydrogens (primary N) is 1. The zero-order valence-electron chi connectivity index (χ0n) is 44.3. The van der Waals surface area contributed by atoms with Gasteiger partial charge >= 0.3 is 6.18 Å². The van der Waals surface area contributed by atoms with Gasteiger partial charge in [-0.15, -0.1) is 0 Å². The second-order valence-electron chi connectivity index (χ2n) is 17.5. The number of carbonyl (C=O) groups excluding carboxylic acids is 6. The van der Waals surface area contributed by atoms with E-state index in [0.717, 1.165) is 56.9 Å². The van der Waals surface area contributed by atoms with E-state index in [1.165, 1.54) is 19.4 Å². The van der Waals surface area contributed by atoms with Crippen LogP contribution in [0.15, 0.2) is 55.1 Å². The fraction of sp³-hybridized carbons (Fsp3) is 0.627. The molecular formula is C51H82F3N11O9. The first-order valence-corrected chi connectivity index (χ1v) is 25.0. The molecule has 3 aromatic rings. The van der Waals surface area contributed by atoms with Gasteiger partial charge in [0, 0.05) is 93.8 Å². The molecule has 2 atom stereocenters. The van der Waals surface area contributed by atoms with Gasteiger partial charge < -0.3 is 70.3 Å². The molecule has 2 aliphatic rings. The molecule has 416 valence electrons. The summed E-state index contributed by atoms with van der Waals surface area (Å²) >= 11 is 0. The van der Waals surface area contributed by atoms with E-state index < -0.39 is 17.8 Å². The van der Waals surface area contributed by atoms with Crippen molar-refractivity contribution in [2.24, 2.45) is 11.7 Å². The van der Waals surface area contributed by atoms with Gasteiger partial charge in [-0.1, -0.05) is 6.07 Å². The van der Waals surface area contributed by atoms with E-state index in [2.05, 4.69) is 67.7 Å². The Balaban J connectivity index is 0.000000568. The summed E-state index contributed by atoms with van der Waals surface area (Å²) in [6.45, 7) is 9.16. The number of aromatic nitrogens is 3. The van der Waals surface area contributed by atoms with Crippen LogP contribution >= 0.6 is 0 Å². The zero-order valence-corrected chi connectivity index (χ0v) is 44.3. The van der Waals surface area contributed by atoms with Crippen LogP contribution in [0.25, 0.3) is 10.9 Å². The van der Waals surface area contributed by atoms with Gasteiger partial charge in [-0.2, -0.15) is 13.2 Å². The summed E-state index contributed by atoms with van der Waals surface area (Å²) in [5.74, 6) is -0.0935. The number of rotatable bonds is 27. The van der Waals surface area contributed by atoms with Crippen molar-refractivity contribution in [3.05, 3.63) is 60.7 Å². The number of likely N-dealkylation sites (tertiary alicyclic amines) is 1. The topological polar surface area (TPSA) is 253 Å². The Morgan fingerprint density at radius 3 is 1.95 bits per heavy atom. The largest absolute Gasteiger partial charge is 0.416 e. The van der Waals surface area contributed by atoms with Crippen molar-refractivity contribution in [1.82, 2.24) is 45.6 Å². The molecule has 1 saturated carbocycles. The van der Waals surface area contributed by atoms with E-state index in [0.29, 0.717) is 95.8 Å². The molecule has 23 heteroatoms. The SMILES string of the molecule is CC(C)N(C)C1CCC(N2CCC(Nc3ncnc4ccc(C(F)(F)F)cc34)C2=O)CC1.CN.CN(C)CC(C=O)CC=O.CNCCOCCC(=O)NCCOCCC(=O)NCCOCC=O.c1ccncc1. The Kier molecular flexibility index (Phi) is 35.8. The van der Waals surface area contributed by atoms with Gasteiger partial charge in [0.05, 0.1) is 44.1 Å². The van der Waals surface area contributed by atoms with Crippen molar-refractivity contribution in [1.29, 1.82) is 0 Å². The fourth-order valence-electron chi connectivity index (χ4n) is 7.53. The number of aldehydes is 3. The van der Waals surface area contributed by atoms with Crippen LogP contribution in [0.5, 0.6) is 0 Å². The van der Waals surface area contributed by atoms with Crippen molar-refractivity contribution in [2.75, 3.05) is 113 Å². The Bertz CT molecular complexity index is 1970. The summed E-state index contributed by atoms with van der Waals surface area (Å²) < 4.78 is 54.9. The maximum atomic E-state index is 13.2. The highest BCUT2D eigenvalue weighted by Gasteiger charge is 2.38. The number of amides is 3. The number of hydrogen-bond donors (Lipinski definition) is 5. The normalized spacial score (nSPS) is 16.5. The molecule has 3 heterocycles. The second kappa shape index (κ2) is 39.8. The third kappa shape index (κ3) is 28.2. The van der Waals surface area contributed by atoms with Crippen LogP contribution in [-0.4, -0.2) is 198 Å². The Morgan fingerprint density at radius 2 is 1.45 bits per heavy atom. The molecule has 0 bridgehead atoms. The van der Waals surface area contributed by atoms with Crippen LogP contribution in [0.2, 0.25) is 0 Å². The van der Waals surface area contributed by atoms with Gasteiger partial charge in [0.1, 0.15) is 43.7 Å². The zero-order chi connectivity index (χ0) is 55.2. The molecule has 2 fully saturated rings. The summed E-state index contributed by atoms with van der Waals surface area (Å²) in [6, 6.07) is 9.89. The van der Waals surface area contributed by atoms with Crippen molar-refractivity contribution in [3.63, 3.8) is 0 Å². The molecule has 3 amide bonds. The lowest BCUT2D eigenvalue weighted by atomic mass is 9.89. The van der Waals surface area contributed by atoms with Gasteiger partial charge in [-0.3, -0.25) is 19.4 Å². The lowest BCUT2D eigenvalue weighted by Gasteiger charge is -2.39. The number of carbonyl (C=O) groups is 6. The number of anilines is 1. The van der Waals surface area contributed by atoms with E-state index in [4.69, 9.17) is 14.2 Å². The number of halogens is 3. The van der Waals surface area contributed by atoms with Crippen LogP contribution in [0, 0.1) is 5.92 Å². The standard InChI is InChI=1S/C23H30F3N5O.C15H29N3O6.C7H13NO2.C5H5N.CH5N/c1-14(2)30(3)16-5-7-17(8-6-16)31-11-10-20(22(31)32)29-21-18-12-15(23(24,25)26)4-9-19(18)27-13-28-21;1-16-4-10-22-8-2-14(20)17-5-11-23-9-3-15(21)18-6-12-24-13-7-19;1-8(2)5-7(6-10)3-4-9;1-2-4-6-5-3-1;1-2/h4,9,12-14,16-17,20H,5-8,10-11H2,1-3H3,(H,27,28,29);7,16H,2-6,8-13H2,1H3,(H,17,20)(H,18,21);4,6-7H,3,5H2,1-2H3;1-5H;2H2,1H3. The predicted octanol–water partition coefficient (Wildman–Crippen LogP) is 3.39. The Hall–Kier alpha value is -5.56. The highest BCUT2D eigenvalue weighted by atomic mass is 19.4. The smallest absolute Gasteiger partial charge is 0.380 e. The van der Waals surface area contributed by atoms with Crippen LogP contribution in [0.3, 0.4) is 0 Å². The van der Waals surface area contributed by atoms with Crippen LogP contribution in [-0.2, 0) is 49.2 Å². The lowest BCUT2D eigenvalue weighted by molar-refractivity contribution is -0.137. The van der Waals surface area contributed by atoms with Gasteiger partial charge in [-0.05, 0) is 112 Å². The molecule has 6 N–H and O–H groups in total. The minimum Gasteiger partial charge on any atom is -0.380 e. The van der Waals surface area contributed by atoms with Gasteiger partial charge in [0.15, 0.2) is 0 Å². The highest BCUT2D eigenvalue weighted by molar-refractivity contribution is 5.93. The average molecular weight is 1050 g/mol. The van der Waals surface area contributed by atoms with Crippen LogP contribution in [0.1, 0.15) is 70.8 Å². The maximum Gasteiger partial charge on any atom is 0.416 e. The number of alkyl halides is 3. The van der Waals surface area contributed by atoms with E-state index in [9.17, 15) is 41.9 Å². The van der Waals surface area contributed by atoms with E-state index >= 15 is 0 Å². The number of nitrogens with one attached hydrogen (secondary N) is 4. The summed E-state index contributed by atoms with van der Waals surface area (Å²) in [7, 11) is 9.25. The van der Waals surface area contributed by atoms with Gasteiger partial charge in [-0.25, -0.2) is 9.97 Å². The molecule has 1 aliphatic carbocycles. The quantitative estimate of drug-likeness (QED) is 0.0542. The summed E-state index contributed by atoms with van der Waals surface area (Å²) in [4.78, 5) is 84.4. The third-order valence-corrected chi connectivity index (χ3v) is 11.5. The number of pyridine rings is 1. The molecule has 1 saturated heterocycles. The first kappa shape index (κ1) is 66.5.